The molecule has 0 aliphatic carbocycles. The van der Waals surface area contributed by atoms with Crippen LogP contribution in [0.5, 0.6) is 0 Å². The van der Waals surface area contributed by atoms with E-state index in [4.69, 9.17) is 9.40 Å². The van der Waals surface area contributed by atoms with Crippen molar-refractivity contribution in [2.75, 3.05) is 0 Å². The van der Waals surface area contributed by atoms with E-state index in [-0.39, 0.29) is 0 Å². The van der Waals surface area contributed by atoms with Gasteiger partial charge in [0.2, 0.25) is 5.71 Å². The van der Waals surface area contributed by atoms with Crippen LogP contribution in [0.2, 0.25) is 0 Å². The fourth-order valence-corrected chi connectivity index (χ4v) is 4.04. The van der Waals surface area contributed by atoms with Crippen LogP contribution >= 0.6 is 0 Å². The van der Waals surface area contributed by atoms with Crippen LogP contribution in [0.25, 0.3) is 50.3 Å². The third-order valence-corrected chi connectivity index (χ3v) is 5.51. The van der Waals surface area contributed by atoms with Crippen LogP contribution in [0, 0.1) is 13.8 Å². The van der Waals surface area contributed by atoms with Gasteiger partial charge in [0.05, 0.1) is 5.56 Å². The van der Waals surface area contributed by atoms with Gasteiger partial charge in [-0.15, -0.1) is 0 Å². The van der Waals surface area contributed by atoms with Crippen LogP contribution in [0.15, 0.2) is 77.3 Å². The van der Waals surface area contributed by atoms with Crippen molar-refractivity contribution in [2.45, 2.75) is 13.8 Å². The first-order valence-electron chi connectivity index (χ1n) is 9.89. The number of furan rings is 1. The molecule has 0 saturated heterocycles. The molecule has 5 nitrogen and oxygen atoms in total. The summed E-state index contributed by atoms with van der Waals surface area (Å²) in [5.41, 5.74) is 7.10. The molecule has 0 aliphatic heterocycles. The molecule has 0 N–H and O–H groups in total. The monoisotopic (exact) mass is 390 g/mol. The van der Waals surface area contributed by atoms with Gasteiger partial charge in [-0.2, -0.15) is 0 Å². The van der Waals surface area contributed by atoms with E-state index in [1.165, 1.54) is 0 Å². The van der Waals surface area contributed by atoms with Crippen molar-refractivity contribution < 1.29 is 4.42 Å². The average molecular weight is 390 g/mol. The summed E-state index contributed by atoms with van der Waals surface area (Å²) < 4.78 is 8.35. The molecule has 0 radical (unpaired) electrons. The molecule has 0 aliphatic rings. The lowest BCUT2D eigenvalue weighted by molar-refractivity contribution is 0.653. The maximum Gasteiger partial charge on any atom is 0.227 e. The molecule has 144 valence electrons. The first-order valence-corrected chi connectivity index (χ1v) is 9.89. The van der Waals surface area contributed by atoms with Crippen molar-refractivity contribution in [3.05, 3.63) is 84.2 Å². The number of aryl methyl sites for hydroxylation is 2. The zero-order chi connectivity index (χ0) is 20.2. The number of fused-ring (bicyclic) bond motifs is 4. The van der Waals surface area contributed by atoms with E-state index in [1.54, 1.807) is 0 Å². The van der Waals surface area contributed by atoms with Crippen molar-refractivity contribution in [3.8, 4) is 17.1 Å². The van der Waals surface area contributed by atoms with Crippen molar-refractivity contribution in [3.63, 3.8) is 0 Å². The van der Waals surface area contributed by atoms with Gasteiger partial charge in [-0.3, -0.25) is 4.57 Å². The lowest BCUT2D eigenvalue weighted by atomic mass is 10.1. The molecule has 0 atom stereocenters. The summed E-state index contributed by atoms with van der Waals surface area (Å²) in [6.07, 6.45) is 1.83. The average Bonchev–Trinajstić information content (AvgIpc) is 3.33. The molecule has 6 rings (SSSR count). The van der Waals surface area contributed by atoms with Gasteiger partial charge in [-0.25, -0.2) is 15.0 Å². The number of nitrogens with zero attached hydrogens (tertiary/aromatic N) is 4. The van der Waals surface area contributed by atoms with Crippen molar-refractivity contribution in [2.24, 2.45) is 0 Å². The summed E-state index contributed by atoms with van der Waals surface area (Å²) in [7, 11) is 0. The van der Waals surface area contributed by atoms with Crippen LogP contribution in [0.1, 0.15) is 11.3 Å². The largest absolute Gasteiger partial charge is 0.437 e. The maximum absolute atomic E-state index is 6.25. The lowest BCUT2D eigenvalue weighted by Crippen LogP contribution is -1.98. The molecule has 6 aromatic rings. The maximum atomic E-state index is 6.25. The Hall–Kier alpha value is -3.99. The topological polar surface area (TPSA) is 56.7 Å². The second-order valence-corrected chi connectivity index (χ2v) is 7.50. The van der Waals surface area contributed by atoms with Gasteiger partial charge in [0, 0.05) is 28.4 Å². The summed E-state index contributed by atoms with van der Waals surface area (Å²) in [4.78, 5) is 14.3. The molecule has 5 heteroatoms. The second-order valence-electron chi connectivity index (χ2n) is 7.50. The van der Waals surface area contributed by atoms with Crippen LogP contribution in [0.4, 0.5) is 0 Å². The Labute approximate surface area is 172 Å². The van der Waals surface area contributed by atoms with Gasteiger partial charge in [-0.1, -0.05) is 30.3 Å². The van der Waals surface area contributed by atoms with Gasteiger partial charge in [-0.05, 0) is 55.8 Å². The number of rotatable bonds is 2. The third-order valence-electron chi connectivity index (χ3n) is 5.51. The number of pyridine rings is 2. The predicted molar refractivity (Wildman–Crippen MR) is 119 cm³/mol. The molecule has 4 heterocycles. The van der Waals surface area contributed by atoms with Crippen LogP contribution in [-0.2, 0) is 0 Å². The van der Waals surface area contributed by atoms with Gasteiger partial charge < -0.3 is 4.42 Å². The molecule has 0 unspecified atom stereocenters. The zero-order valence-electron chi connectivity index (χ0n) is 16.6. The minimum absolute atomic E-state index is 0.647. The summed E-state index contributed by atoms with van der Waals surface area (Å²) in [6.45, 7) is 4.03. The summed E-state index contributed by atoms with van der Waals surface area (Å²) >= 11 is 0. The number of imidazole rings is 1. The van der Waals surface area contributed by atoms with Crippen LogP contribution in [-0.4, -0.2) is 19.5 Å². The smallest absolute Gasteiger partial charge is 0.227 e. The van der Waals surface area contributed by atoms with E-state index in [9.17, 15) is 0 Å². The molecule has 30 heavy (non-hydrogen) atoms. The van der Waals surface area contributed by atoms with Gasteiger partial charge >= 0.3 is 0 Å². The quantitative estimate of drug-likeness (QED) is 0.364. The van der Waals surface area contributed by atoms with Crippen LogP contribution < -0.4 is 0 Å². The first kappa shape index (κ1) is 16.9. The molecule has 2 aromatic carbocycles. The van der Waals surface area contributed by atoms with Gasteiger partial charge in [0.25, 0.3) is 0 Å². The Balaban J connectivity index is 1.75. The highest BCUT2D eigenvalue weighted by Gasteiger charge is 2.21. The van der Waals surface area contributed by atoms with E-state index in [0.29, 0.717) is 5.71 Å². The van der Waals surface area contributed by atoms with Crippen LogP contribution in [0.3, 0.4) is 0 Å². The van der Waals surface area contributed by atoms with E-state index in [2.05, 4.69) is 45.7 Å². The standard InChI is InChI=1S/C25H18N4O/c1-15-13-14-26-24-21(15)28-23(29(24)17-7-4-3-5-8-17)20-10-6-9-18-19-12-11-16(2)27-25(19)30-22(18)20/h3-14H,1-2H3. The van der Waals surface area contributed by atoms with E-state index >= 15 is 0 Å². The fourth-order valence-electron chi connectivity index (χ4n) is 4.04. The number of para-hydroxylation sites is 2. The lowest BCUT2D eigenvalue weighted by Gasteiger charge is -2.09. The molecular weight excluding hydrogens is 372 g/mol. The SMILES string of the molecule is Cc1ccc2c(n1)oc1c(-c3nc4c(C)ccnc4n3-c3ccccc3)cccc12. The second kappa shape index (κ2) is 6.26. The Bertz CT molecular complexity index is 1560. The van der Waals surface area contributed by atoms with Crippen molar-refractivity contribution >= 4 is 33.2 Å². The van der Waals surface area contributed by atoms with Crippen molar-refractivity contribution in [1.82, 2.24) is 19.5 Å². The Morgan fingerprint density at radius 3 is 2.53 bits per heavy atom. The molecular formula is C25H18N4O. The van der Waals surface area contributed by atoms with Gasteiger partial charge in [0.15, 0.2) is 11.5 Å². The van der Waals surface area contributed by atoms with Crippen molar-refractivity contribution in [1.29, 1.82) is 0 Å². The number of hydrogen-bond donors (Lipinski definition) is 0. The molecule has 0 fully saturated rings. The predicted octanol–water partition coefficient (Wildman–Crippen LogP) is 6.00. The molecule has 0 spiro atoms. The minimum atomic E-state index is 0.647. The van der Waals surface area contributed by atoms with E-state index in [0.717, 1.165) is 55.9 Å². The summed E-state index contributed by atoms with van der Waals surface area (Å²) in [6, 6.07) is 22.4. The molecule has 0 saturated carbocycles. The number of aromatic nitrogens is 4. The number of hydrogen-bond acceptors (Lipinski definition) is 4. The van der Waals surface area contributed by atoms with E-state index in [1.807, 2.05) is 55.6 Å². The molecule has 4 aromatic heterocycles. The minimum Gasteiger partial charge on any atom is -0.437 e. The third kappa shape index (κ3) is 2.38. The first-order chi connectivity index (χ1) is 14.7. The molecule has 0 amide bonds. The Morgan fingerprint density at radius 1 is 0.800 bits per heavy atom. The summed E-state index contributed by atoms with van der Waals surface area (Å²) in [5.74, 6) is 0.805. The van der Waals surface area contributed by atoms with E-state index < -0.39 is 0 Å². The highest BCUT2D eigenvalue weighted by atomic mass is 16.3. The Kier molecular flexibility index (Phi) is 3.53. The Morgan fingerprint density at radius 2 is 1.67 bits per heavy atom. The number of benzene rings is 2. The zero-order valence-corrected chi connectivity index (χ0v) is 16.6. The highest BCUT2D eigenvalue weighted by Crippen LogP contribution is 2.37. The normalized spacial score (nSPS) is 11.7. The summed E-state index contributed by atoms with van der Waals surface area (Å²) in [5, 5.41) is 2.04. The molecule has 0 bridgehead atoms. The highest BCUT2D eigenvalue weighted by molar-refractivity contribution is 6.08. The fraction of sp³-hybridized carbons (Fsp3) is 0.0800. The van der Waals surface area contributed by atoms with Gasteiger partial charge in [0.1, 0.15) is 11.1 Å².